The zero-order chi connectivity index (χ0) is 15.6. The first-order chi connectivity index (χ1) is 9.88. The second-order valence-electron chi connectivity index (χ2n) is 5.41. The smallest absolute Gasteiger partial charge is 0.329 e. The highest BCUT2D eigenvalue weighted by Gasteiger charge is 2.36. The number of Topliss-reactive ketones (excluding diaryl/α,β-unsaturated/α-hetero) is 1. The molecular weight excluding hydrogens is 268 g/mol. The first kappa shape index (κ1) is 15.2. The second-order valence-corrected chi connectivity index (χ2v) is 5.41. The van der Waals surface area contributed by atoms with E-state index in [1.165, 1.54) is 13.0 Å². The molecule has 110 valence electrons. The Morgan fingerprint density at radius 1 is 1.19 bits per heavy atom. The quantitative estimate of drug-likeness (QED) is 0.630. The van der Waals surface area contributed by atoms with Gasteiger partial charge in [-0.1, -0.05) is 23.8 Å². The average Bonchev–Trinajstić information content (AvgIpc) is 2.38. The Morgan fingerprint density at radius 3 is 2.57 bits per heavy atom. The average molecular weight is 286 g/mol. The molecule has 0 bridgehead atoms. The van der Waals surface area contributed by atoms with Gasteiger partial charge in [0.05, 0.1) is 0 Å². The Kier molecular flexibility index (Phi) is 4.36. The Morgan fingerprint density at radius 2 is 1.90 bits per heavy atom. The van der Waals surface area contributed by atoms with Gasteiger partial charge in [-0.25, -0.2) is 0 Å². The minimum absolute atomic E-state index is 0.155. The van der Waals surface area contributed by atoms with Crippen molar-refractivity contribution in [1.82, 2.24) is 0 Å². The number of cyclic esters (lactones) is 1. The summed E-state index contributed by atoms with van der Waals surface area (Å²) >= 11 is 0. The van der Waals surface area contributed by atoms with Gasteiger partial charge in [0.15, 0.2) is 17.5 Å². The number of ether oxygens (including phenoxy) is 1. The van der Waals surface area contributed by atoms with Gasteiger partial charge in [-0.15, -0.1) is 0 Å². The van der Waals surface area contributed by atoms with Gasteiger partial charge >= 0.3 is 5.97 Å². The lowest BCUT2D eigenvalue weighted by Crippen LogP contribution is -2.35. The van der Waals surface area contributed by atoms with Crippen LogP contribution < -0.4 is 0 Å². The van der Waals surface area contributed by atoms with Gasteiger partial charge in [-0.05, 0) is 38.3 Å². The Labute approximate surface area is 123 Å². The van der Waals surface area contributed by atoms with Gasteiger partial charge in [-0.3, -0.25) is 14.4 Å². The van der Waals surface area contributed by atoms with Gasteiger partial charge in [0.25, 0.3) is 0 Å². The van der Waals surface area contributed by atoms with Crippen molar-refractivity contribution in [3.05, 3.63) is 46.7 Å². The number of esters is 1. The molecule has 2 rings (SSSR count). The van der Waals surface area contributed by atoms with Crippen molar-refractivity contribution < 1.29 is 19.1 Å². The van der Waals surface area contributed by atoms with E-state index in [1.807, 2.05) is 32.0 Å². The summed E-state index contributed by atoms with van der Waals surface area (Å²) < 4.78 is 4.87. The number of hydrogen-bond acceptors (Lipinski definition) is 4. The maximum Gasteiger partial charge on any atom is 0.329 e. The molecule has 0 amide bonds. The summed E-state index contributed by atoms with van der Waals surface area (Å²) in [4.78, 5) is 35.6. The SMILES string of the molecule is CC1=CC(=O)C(C(=O)CCc2cc(C)ccc2C)C(=O)O1. The van der Waals surface area contributed by atoms with E-state index in [2.05, 4.69) is 0 Å². The van der Waals surface area contributed by atoms with Crippen molar-refractivity contribution in [2.45, 2.75) is 33.6 Å². The van der Waals surface area contributed by atoms with E-state index < -0.39 is 17.7 Å². The molecule has 1 aromatic rings. The summed E-state index contributed by atoms with van der Waals surface area (Å²) in [5, 5.41) is 0. The fourth-order valence-electron chi connectivity index (χ4n) is 2.41. The fraction of sp³-hybridized carbons (Fsp3) is 0.353. The number of carbonyl (C=O) groups is 3. The number of ketones is 2. The lowest BCUT2D eigenvalue weighted by atomic mass is 9.91. The van der Waals surface area contributed by atoms with Crippen LogP contribution in [0.5, 0.6) is 0 Å². The lowest BCUT2D eigenvalue weighted by Gasteiger charge is -2.17. The van der Waals surface area contributed by atoms with Crippen molar-refractivity contribution in [3.8, 4) is 0 Å². The number of rotatable bonds is 4. The van der Waals surface area contributed by atoms with Crippen LogP contribution in [0.25, 0.3) is 0 Å². The Bertz CT molecular complexity index is 640. The van der Waals surface area contributed by atoms with Gasteiger partial charge in [0, 0.05) is 12.5 Å². The zero-order valence-corrected chi connectivity index (χ0v) is 12.4. The van der Waals surface area contributed by atoms with E-state index in [0.29, 0.717) is 6.42 Å². The highest BCUT2D eigenvalue weighted by atomic mass is 16.5. The van der Waals surface area contributed by atoms with E-state index in [4.69, 9.17) is 4.74 Å². The number of allylic oxidation sites excluding steroid dienone is 2. The second kappa shape index (κ2) is 6.04. The largest absolute Gasteiger partial charge is 0.430 e. The number of carbonyl (C=O) groups excluding carboxylic acids is 3. The van der Waals surface area contributed by atoms with E-state index in [9.17, 15) is 14.4 Å². The summed E-state index contributed by atoms with van der Waals surface area (Å²) in [6.45, 7) is 5.48. The first-order valence-electron chi connectivity index (χ1n) is 6.91. The third-order valence-electron chi connectivity index (χ3n) is 3.59. The van der Waals surface area contributed by atoms with Crippen molar-refractivity contribution in [2.75, 3.05) is 0 Å². The summed E-state index contributed by atoms with van der Waals surface area (Å²) in [6, 6.07) is 6.03. The molecule has 0 saturated carbocycles. The number of benzene rings is 1. The molecule has 0 spiro atoms. The summed E-state index contributed by atoms with van der Waals surface area (Å²) in [7, 11) is 0. The number of hydrogen-bond donors (Lipinski definition) is 0. The summed E-state index contributed by atoms with van der Waals surface area (Å²) in [6.07, 6.45) is 1.89. The molecule has 0 saturated heterocycles. The third kappa shape index (κ3) is 3.45. The fourth-order valence-corrected chi connectivity index (χ4v) is 2.41. The molecule has 1 heterocycles. The minimum Gasteiger partial charge on any atom is -0.430 e. The zero-order valence-electron chi connectivity index (χ0n) is 12.4. The van der Waals surface area contributed by atoms with Crippen molar-refractivity contribution in [2.24, 2.45) is 5.92 Å². The van der Waals surface area contributed by atoms with Gasteiger partial charge in [0.1, 0.15) is 5.76 Å². The predicted molar refractivity (Wildman–Crippen MR) is 77.6 cm³/mol. The molecule has 0 fully saturated rings. The summed E-state index contributed by atoms with van der Waals surface area (Å²) in [5.74, 6) is -2.67. The predicted octanol–water partition coefficient (Wildman–Crippen LogP) is 2.45. The monoisotopic (exact) mass is 286 g/mol. The van der Waals surface area contributed by atoms with Crippen LogP contribution in [0, 0.1) is 19.8 Å². The van der Waals surface area contributed by atoms with E-state index in [1.54, 1.807) is 0 Å². The molecule has 1 atom stereocenters. The van der Waals surface area contributed by atoms with Crippen LogP contribution in [0.1, 0.15) is 30.0 Å². The topological polar surface area (TPSA) is 60.4 Å². The molecule has 0 N–H and O–H groups in total. The molecule has 1 aliphatic rings. The van der Waals surface area contributed by atoms with E-state index in [-0.39, 0.29) is 18.0 Å². The molecule has 4 heteroatoms. The number of aryl methyl sites for hydroxylation is 3. The van der Waals surface area contributed by atoms with Crippen molar-refractivity contribution in [1.29, 1.82) is 0 Å². The molecule has 0 radical (unpaired) electrons. The molecule has 1 aromatic carbocycles. The Balaban J connectivity index is 2.07. The highest BCUT2D eigenvalue weighted by Crippen LogP contribution is 2.19. The Hall–Kier alpha value is -2.23. The maximum atomic E-state index is 12.1. The highest BCUT2D eigenvalue weighted by molar-refractivity contribution is 6.22. The molecule has 0 aliphatic carbocycles. The van der Waals surface area contributed by atoms with E-state index >= 15 is 0 Å². The molecule has 4 nitrogen and oxygen atoms in total. The van der Waals surface area contributed by atoms with Crippen LogP contribution in [0.3, 0.4) is 0 Å². The van der Waals surface area contributed by atoms with Crippen LogP contribution in [0.15, 0.2) is 30.0 Å². The molecular formula is C17H18O4. The van der Waals surface area contributed by atoms with Gasteiger partial charge < -0.3 is 4.74 Å². The third-order valence-corrected chi connectivity index (χ3v) is 3.59. The first-order valence-corrected chi connectivity index (χ1v) is 6.91. The molecule has 21 heavy (non-hydrogen) atoms. The van der Waals surface area contributed by atoms with Crippen LogP contribution >= 0.6 is 0 Å². The normalized spacial score (nSPS) is 18.2. The molecule has 1 unspecified atom stereocenters. The van der Waals surface area contributed by atoms with Crippen molar-refractivity contribution >= 4 is 17.5 Å². The van der Waals surface area contributed by atoms with Crippen molar-refractivity contribution in [3.63, 3.8) is 0 Å². The summed E-state index contributed by atoms with van der Waals surface area (Å²) in [5.41, 5.74) is 3.28. The maximum absolute atomic E-state index is 12.1. The minimum atomic E-state index is -1.29. The van der Waals surface area contributed by atoms with E-state index in [0.717, 1.165) is 16.7 Å². The van der Waals surface area contributed by atoms with Crippen LogP contribution in [-0.2, 0) is 25.5 Å². The standard InChI is InChI=1S/C17H18O4/c1-10-4-5-11(2)13(8-10)6-7-14(18)16-15(19)9-12(3)21-17(16)20/h4-5,8-9,16H,6-7H2,1-3H3. The molecule has 0 aromatic heterocycles. The molecule has 1 aliphatic heterocycles. The van der Waals surface area contributed by atoms with Crippen LogP contribution in [0.4, 0.5) is 0 Å². The lowest BCUT2D eigenvalue weighted by molar-refractivity contribution is -0.152. The van der Waals surface area contributed by atoms with Gasteiger partial charge in [0.2, 0.25) is 0 Å². The van der Waals surface area contributed by atoms with Crippen LogP contribution in [-0.4, -0.2) is 17.5 Å². The van der Waals surface area contributed by atoms with Crippen LogP contribution in [0.2, 0.25) is 0 Å². The van der Waals surface area contributed by atoms with Gasteiger partial charge in [-0.2, -0.15) is 0 Å².